The molecule has 3 rings (SSSR count). The Morgan fingerprint density at radius 3 is 2.70 bits per heavy atom. The summed E-state index contributed by atoms with van der Waals surface area (Å²) < 4.78 is 5.78. The van der Waals surface area contributed by atoms with Gasteiger partial charge in [0, 0.05) is 33.2 Å². The van der Waals surface area contributed by atoms with Crippen molar-refractivity contribution >= 4 is 11.9 Å². The van der Waals surface area contributed by atoms with Crippen LogP contribution in [-0.4, -0.2) is 67.2 Å². The molecule has 0 bridgehead atoms. The van der Waals surface area contributed by atoms with Crippen molar-refractivity contribution < 1.29 is 14.3 Å². The summed E-state index contributed by atoms with van der Waals surface area (Å²) in [6.07, 6.45) is 7.31. The van der Waals surface area contributed by atoms with Gasteiger partial charge in [-0.3, -0.25) is 4.79 Å². The number of nitrogens with one attached hydrogen (secondary N) is 1. The molecule has 2 heterocycles. The summed E-state index contributed by atoms with van der Waals surface area (Å²) in [4.78, 5) is 28.0. The molecular weight excluding hydrogens is 294 g/mol. The number of carbonyl (C=O) groups excluding carboxylic acids is 2. The van der Waals surface area contributed by atoms with Crippen LogP contribution in [0.4, 0.5) is 4.79 Å². The number of rotatable bonds is 3. The third-order valence-electron chi connectivity index (χ3n) is 5.58. The van der Waals surface area contributed by atoms with Crippen molar-refractivity contribution in [3.63, 3.8) is 0 Å². The van der Waals surface area contributed by atoms with Gasteiger partial charge in [0.1, 0.15) is 6.10 Å². The molecular formula is C17H29N3O3. The number of likely N-dealkylation sites (N-methyl/N-ethyl adjacent to an activating group) is 1. The third-order valence-corrected chi connectivity index (χ3v) is 5.58. The van der Waals surface area contributed by atoms with Crippen LogP contribution in [0.1, 0.15) is 44.9 Å². The molecule has 3 fully saturated rings. The van der Waals surface area contributed by atoms with E-state index in [1.54, 1.807) is 19.0 Å². The minimum Gasteiger partial charge on any atom is -0.363 e. The van der Waals surface area contributed by atoms with Crippen molar-refractivity contribution in [1.82, 2.24) is 15.1 Å². The molecule has 3 amide bonds. The molecule has 6 nitrogen and oxygen atoms in total. The van der Waals surface area contributed by atoms with Crippen LogP contribution in [0, 0.1) is 5.92 Å². The number of carbonyl (C=O) groups is 2. The molecule has 4 atom stereocenters. The fraction of sp³-hybridized carbons (Fsp3) is 0.882. The highest BCUT2D eigenvalue weighted by atomic mass is 16.5. The predicted molar refractivity (Wildman–Crippen MR) is 87.1 cm³/mol. The molecule has 0 aromatic heterocycles. The number of amides is 3. The van der Waals surface area contributed by atoms with Crippen LogP contribution < -0.4 is 5.32 Å². The number of hydrogen-bond donors (Lipinski definition) is 1. The number of fused-ring (bicyclic) bond motifs is 1. The van der Waals surface area contributed by atoms with E-state index in [1.807, 2.05) is 4.90 Å². The second-order valence-corrected chi connectivity index (χ2v) is 7.34. The Morgan fingerprint density at radius 2 is 1.91 bits per heavy atom. The van der Waals surface area contributed by atoms with E-state index >= 15 is 0 Å². The minimum atomic E-state index is -0.346. The van der Waals surface area contributed by atoms with Crippen molar-refractivity contribution in [2.24, 2.45) is 5.92 Å². The zero-order valence-corrected chi connectivity index (χ0v) is 14.3. The van der Waals surface area contributed by atoms with Gasteiger partial charge in [0.05, 0.1) is 6.10 Å². The summed E-state index contributed by atoms with van der Waals surface area (Å²) in [7, 11) is 3.49. The molecule has 1 N–H and O–H groups in total. The largest absolute Gasteiger partial charge is 0.363 e. The first kappa shape index (κ1) is 16.6. The Labute approximate surface area is 138 Å². The molecule has 0 unspecified atom stereocenters. The van der Waals surface area contributed by atoms with Crippen molar-refractivity contribution in [3.8, 4) is 0 Å². The van der Waals surface area contributed by atoms with E-state index in [9.17, 15) is 9.59 Å². The maximum absolute atomic E-state index is 12.5. The summed E-state index contributed by atoms with van der Waals surface area (Å²) in [5.74, 6) is 0.725. The molecule has 130 valence electrons. The number of ether oxygens (including phenoxy) is 1. The summed E-state index contributed by atoms with van der Waals surface area (Å²) in [6.45, 7) is 1.39. The molecule has 2 aliphatic heterocycles. The fourth-order valence-electron chi connectivity index (χ4n) is 4.29. The van der Waals surface area contributed by atoms with Crippen LogP contribution in [0.3, 0.4) is 0 Å². The second kappa shape index (κ2) is 7.07. The molecule has 0 spiro atoms. The molecule has 0 aromatic rings. The highest BCUT2D eigenvalue weighted by Gasteiger charge is 2.38. The lowest BCUT2D eigenvalue weighted by molar-refractivity contribution is -0.140. The van der Waals surface area contributed by atoms with Crippen LogP contribution in [-0.2, 0) is 9.53 Å². The van der Waals surface area contributed by atoms with E-state index < -0.39 is 0 Å². The first-order chi connectivity index (χ1) is 11.1. The molecule has 3 aliphatic rings. The average molecular weight is 323 g/mol. The first-order valence-corrected chi connectivity index (χ1v) is 8.97. The SMILES string of the molecule is CN(C)C(=O)[C@@H]1CC[C@@H](CNC(=O)N2CC[C@H]3CCCC[C@H]32)O1. The maximum atomic E-state index is 12.5. The molecule has 1 aliphatic carbocycles. The highest BCUT2D eigenvalue weighted by Crippen LogP contribution is 2.36. The van der Waals surface area contributed by atoms with Gasteiger partial charge in [-0.05, 0) is 38.0 Å². The minimum absolute atomic E-state index is 0.0171. The summed E-state index contributed by atoms with van der Waals surface area (Å²) >= 11 is 0. The van der Waals surface area contributed by atoms with Crippen LogP contribution >= 0.6 is 0 Å². The van der Waals surface area contributed by atoms with E-state index in [4.69, 9.17) is 4.74 Å². The smallest absolute Gasteiger partial charge is 0.317 e. The molecule has 23 heavy (non-hydrogen) atoms. The summed E-state index contributed by atoms with van der Waals surface area (Å²) in [5, 5.41) is 3.03. The Morgan fingerprint density at radius 1 is 1.13 bits per heavy atom. The van der Waals surface area contributed by atoms with Gasteiger partial charge >= 0.3 is 6.03 Å². The zero-order chi connectivity index (χ0) is 16.4. The van der Waals surface area contributed by atoms with Gasteiger partial charge in [-0.2, -0.15) is 0 Å². The molecule has 1 saturated carbocycles. The Balaban J connectivity index is 1.44. The Kier molecular flexibility index (Phi) is 5.09. The lowest BCUT2D eigenvalue weighted by Gasteiger charge is -2.31. The van der Waals surface area contributed by atoms with Crippen LogP contribution in [0.15, 0.2) is 0 Å². The standard InChI is InChI=1S/C17H29N3O3/c1-19(2)16(21)15-8-7-13(23-15)11-18-17(22)20-10-9-12-5-3-4-6-14(12)20/h12-15H,3-11H2,1-2H3,(H,18,22)/t12-,13+,14-,15+/m1/s1. The van der Waals surface area contributed by atoms with E-state index in [1.165, 1.54) is 19.3 Å². The van der Waals surface area contributed by atoms with Gasteiger partial charge in [-0.25, -0.2) is 4.79 Å². The van der Waals surface area contributed by atoms with Gasteiger partial charge in [-0.15, -0.1) is 0 Å². The van der Waals surface area contributed by atoms with Gasteiger partial charge in [-0.1, -0.05) is 12.8 Å². The van der Waals surface area contributed by atoms with E-state index in [-0.39, 0.29) is 24.1 Å². The molecule has 0 aromatic carbocycles. The van der Waals surface area contributed by atoms with Crippen LogP contribution in [0.5, 0.6) is 0 Å². The normalized spacial score (nSPS) is 33.4. The zero-order valence-electron chi connectivity index (χ0n) is 14.3. The summed E-state index contributed by atoms with van der Waals surface area (Å²) in [5.41, 5.74) is 0. The van der Waals surface area contributed by atoms with Gasteiger partial charge in [0.15, 0.2) is 0 Å². The first-order valence-electron chi connectivity index (χ1n) is 8.97. The van der Waals surface area contributed by atoms with E-state index in [2.05, 4.69) is 5.32 Å². The van der Waals surface area contributed by atoms with E-state index in [0.29, 0.717) is 18.5 Å². The van der Waals surface area contributed by atoms with Crippen LogP contribution in [0.2, 0.25) is 0 Å². The van der Waals surface area contributed by atoms with Crippen LogP contribution in [0.25, 0.3) is 0 Å². The van der Waals surface area contributed by atoms with Gasteiger partial charge in [0.25, 0.3) is 5.91 Å². The van der Waals surface area contributed by atoms with Gasteiger partial charge in [0.2, 0.25) is 0 Å². The quantitative estimate of drug-likeness (QED) is 0.858. The highest BCUT2D eigenvalue weighted by molar-refractivity contribution is 5.80. The number of hydrogen-bond acceptors (Lipinski definition) is 3. The number of nitrogens with zero attached hydrogens (tertiary/aromatic N) is 2. The fourth-order valence-corrected chi connectivity index (χ4v) is 4.29. The third kappa shape index (κ3) is 3.62. The van der Waals surface area contributed by atoms with E-state index in [0.717, 1.165) is 32.2 Å². The second-order valence-electron chi connectivity index (χ2n) is 7.34. The lowest BCUT2D eigenvalue weighted by Crippen LogP contribution is -2.47. The Bertz CT molecular complexity index is 454. The topological polar surface area (TPSA) is 61.9 Å². The maximum Gasteiger partial charge on any atom is 0.317 e. The van der Waals surface area contributed by atoms with Crippen molar-refractivity contribution in [3.05, 3.63) is 0 Å². The Hall–Kier alpha value is -1.30. The monoisotopic (exact) mass is 323 g/mol. The molecule has 6 heteroatoms. The van der Waals surface area contributed by atoms with Gasteiger partial charge < -0.3 is 19.9 Å². The summed E-state index contributed by atoms with van der Waals surface area (Å²) in [6, 6.07) is 0.488. The predicted octanol–water partition coefficient (Wildman–Crippen LogP) is 1.60. The van der Waals surface area contributed by atoms with Crippen molar-refractivity contribution in [1.29, 1.82) is 0 Å². The molecule has 0 radical (unpaired) electrons. The number of urea groups is 1. The van der Waals surface area contributed by atoms with Crippen molar-refractivity contribution in [2.75, 3.05) is 27.2 Å². The number of likely N-dealkylation sites (tertiary alicyclic amines) is 1. The molecule has 2 saturated heterocycles. The van der Waals surface area contributed by atoms with Crippen molar-refractivity contribution in [2.45, 2.75) is 63.2 Å². The lowest BCUT2D eigenvalue weighted by atomic mass is 9.85. The average Bonchev–Trinajstić information content (AvgIpc) is 3.18.